The Bertz CT molecular complexity index is 1110. The van der Waals surface area contributed by atoms with Crippen molar-refractivity contribution in [1.82, 2.24) is 24.6 Å². The van der Waals surface area contributed by atoms with Gasteiger partial charge in [-0.2, -0.15) is 4.98 Å². The monoisotopic (exact) mass is 338 g/mol. The SMILES string of the molecule is CNc1ncc2cc(-c3c(C)ccc(OC)c3F)c3nncn3c2n1. The van der Waals surface area contributed by atoms with Gasteiger partial charge in [-0.3, -0.25) is 4.40 Å². The summed E-state index contributed by atoms with van der Waals surface area (Å²) in [5, 5.41) is 11.8. The van der Waals surface area contributed by atoms with Gasteiger partial charge in [-0.1, -0.05) is 6.07 Å². The number of benzene rings is 1. The van der Waals surface area contributed by atoms with Crippen molar-refractivity contribution < 1.29 is 9.13 Å². The maximum Gasteiger partial charge on any atom is 0.224 e. The van der Waals surface area contributed by atoms with Crippen LogP contribution in [0.25, 0.3) is 27.8 Å². The van der Waals surface area contributed by atoms with Gasteiger partial charge in [0.25, 0.3) is 0 Å². The number of ether oxygens (including phenoxy) is 1. The van der Waals surface area contributed by atoms with Crippen LogP contribution in [-0.4, -0.2) is 38.7 Å². The van der Waals surface area contributed by atoms with Gasteiger partial charge >= 0.3 is 0 Å². The third-order valence-corrected chi connectivity index (χ3v) is 4.14. The molecule has 3 aromatic heterocycles. The number of hydrogen-bond acceptors (Lipinski definition) is 6. The number of nitrogens with zero attached hydrogens (tertiary/aromatic N) is 5. The molecule has 4 aromatic rings. The zero-order chi connectivity index (χ0) is 17.6. The summed E-state index contributed by atoms with van der Waals surface area (Å²) in [5.74, 6) is 0.235. The fourth-order valence-corrected chi connectivity index (χ4v) is 2.92. The maximum absolute atomic E-state index is 14.9. The molecular formula is C17H15FN6O. The fourth-order valence-electron chi connectivity index (χ4n) is 2.92. The lowest BCUT2D eigenvalue weighted by molar-refractivity contribution is 0.387. The second-order valence-corrected chi connectivity index (χ2v) is 5.58. The Hall–Kier alpha value is -3.29. The number of fused-ring (bicyclic) bond motifs is 3. The first-order valence-corrected chi connectivity index (χ1v) is 7.64. The Labute approximate surface area is 142 Å². The number of aromatic nitrogens is 5. The number of pyridine rings is 1. The van der Waals surface area contributed by atoms with Crippen LogP contribution in [0.15, 0.2) is 30.7 Å². The number of nitrogens with one attached hydrogen (secondary N) is 1. The Kier molecular flexibility index (Phi) is 3.45. The Balaban J connectivity index is 2.11. The van der Waals surface area contributed by atoms with Gasteiger partial charge in [-0.15, -0.1) is 10.2 Å². The zero-order valence-electron chi connectivity index (χ0n) is 13.9. The molecule has 1 N–H and O–H groups in total. The first-order valence-electron chi connectivity index (χ1n) is 7.64. The van der Waals surface area contributed by atoms with E-state index in [9.17, 15) is 4.39 Å². The van der Waals surface area contributed by atoms with Crippen LogP contribution < -0.4 is 10.1 Å². The second kappa shape index (κ2) is 5.66. The van der Waals surface area contributed by atoms with Crippen molar-refractivity contribution in [1.29, 1.82) is 0 Å². The molecule has 1 aromatic carbocycles. The standard InChI is InChI=1S/C17H15FN6O/c1-9-4-5-12(25-3)14(18)13(9)11-6-10-7-20-17(19-2)22-15(10)24-8-21-23-16(11)24/h4-8H,1-3H3,(H,19,20,22). The summed E-state index contributed by atoms with van der Waals surface area (Å²) in [5.41, 5.74) is 2.97. The van der Waals surface area contributed by atoms with Crippen LogP contribution in [0.1, 0.15) is 5.56 Å². The predicted octanol–water partition coefficient (Wildman–Crippen LogP) is 2.84. The van der Waals surface area contributed by atoms with Gasteiger partial charge in [0.1, 0.15) is 6.33 Å². The third kappa shape index (κ3) is 2.25. The third-order valence-electron chi connectivity index (χ3n) is 4.14. The van der Waals surface area contributed by atoms with Gasteiger partial charge in [-0.05, 0) is 24.6 Å². The van der Waals surface area contributed by atoms with E-state index in [0.717, 1.165) is 10.9 Å². The lowest BCUT2D eigenvalue weighted by Gasteiger charge is -2.13. The summed E-state index contributed by atoms with van der Waals surface area (Å²) in [4.78, 5) is 8.68. The topological polar surface area (TPSA) is 77.2 Å². The van der Waals surface area contributed by atoms with E-state index in [2.05, 4.69) is 25.5 Å². The molecule has 0 aliphatic rings. The minimum atomic E-state index is -0.431. The van der Waals surface area contributed by atoms with Crippen molar-refractivity contribution in [3.8, 4) is 16.9 Å². The highest BCUT2D eigenvalue weighted by atomic mass is 19.1. The molecule has 0 aliphatic carbocycles. The molecule has 3 heterocycles. The minimum Gasteiger partial charge on any atom is -0.494 e. The van der Waals surface area contributed by atoms with E-state index >= 15 is 0 Å². The van der Waals surface area contributed by atoms with Crippen LogP contribution in [0.5, 0.6) is 5.75 Å². The highest BCUT2D eigenvalue weighted by molar-refractivity contribution is 5.91. The van der Waals surface area contributed by atoms with E-state index in [1.807, 2.05) is 19.1 Å². The summed E-state index contributed by atoms with van der Waals surface area (Å²) in [7, 11) is 3.19. The van der Waals surface area contributed by atoms with Crippen molar-refractivity contribution >= 4 is 22.6 Å². The highest BCUT2D eigenvalue weighted by Gasteiger charge is 2.19. The number of anilines is 1. The lowest BCUT2D eigenvalue weighted by atomic mass is 9.99. The van der Waals surface area contributed by atoms with E-state index < -0.39 is 5.82 Å². The molecule has 25 heavy (non-hydrogen) atoms. The fraction of sp³-hybridized carbons (Fsp3) is 0.176. The molecule has 0 amide bonds. The summed E-state index contributed by atoms with van der Waals surface area (Å²) >= 11 is 0. The van der Waals surface area contributed by atoms with E-state index in [4.69, 9.17) is 4.74 Å². The van der Waals surface area contributed by atoms with Crippen LogP contribution in [0, 0.1) is 12.7 Å². The largest absolute Gasteiger partial charge is 0.494 e. The van der Waals surface area contributed by atoms with Gasteiger partial charge in [-0.25, -0.2) is 9.37 Å². The molecule has 0 unspecified atom stereocenters. The van der Waals surface area contributed by atoms with Crippen LogP contribution in [0.2, 0.25) is 0 Å². The van der Waals surface area contributed by atoms with Gasteiger partial charge < -0.3 is 10.1 Å². The molecule has 126 valence electrons. The molecule has 8 heteroatoms. The molecule has 7 nitrogen and oxygen atoms in total. The Morgan fingerprint density at radius 2 is 2.08 bits per heavy atom. The van der Waals surface area contributed by atoms with Crippen LogP contribution in [0.4, 0.5) is 10.3 Å². The van der Waals surface area contributed by atoms with Crippen molar-refractivity contribution in [3.63, 3.8) is 0 Å². The number of rotatable bonds is 3. The number of aryl methyl sites for hydroxylation is 1. The smallest absolute Gasteiger partial charge is 0.224 e. The number of halogens is 1. The molecule has 4 rings (SSSR count). The predicted molar refractivity (Wildman–Crippen MR) is 92.3 cm³/mol. The zero-order valence-corrected chi connectivity index (χ0v) is 13.9. The van der Waals surface area contributed by atoms with Crippen molar-refractivity contribution in [2.45, 2.75) is 6.92 Å². The molecule has 0 radical (unpaired) electrons. The molecule has 0 bridgehead atoms. The maximum atomic E-state index is 14.9. The molecule has 0 fully saturated rings. The molecule has 0 atom stereocenters. The average Bonchev–Trinajstić information content (AvgIpc) is 3.12. The average molecular weight is 338 g/mol. The number of hydrogen-bond donors (Lipinski definition) is 1. The van der Waals surface area contributed by atoms with Gasteiger partial charge in [0.2, 0.25) is 5.95 Å². The van der Waals surface area contributed by atoms with Gasteiger partial charge in [0.15, 0.2) is 22.9 Å². The van der Waals surface area contributed by atoms with Crippen LogP contribution in [0.3, 0.4) is 0 Å². The first kappa shape index (κ1) is 15.3. The first-order chi connectivity index (χ1) is 12.1. The second-order valence-electron chi connectivity index (χ2n) is 5.58. The van der Waals surface area contributed by atoms with E-state index in [1.54, 1.807) is 30.0 Å². The van der Waals surface area contributed by atoms with Crippen molar-refractivity contribution in [3.05, 3.63) is 42.1 Å². The van der Waals surface area contributed by atoms with Crippen LogP contribution >= 0.6 is 0 Å². The highest BCUT2D eigenvalue weighted by Crippen LogP contribution is 2.35. The lowest BCUT2D eigenvalue weighted by Crippen LogP contribution is -2.01. The molecular weight excluding hydrogens is 323 g/mol. The van der Waals surface area contributed by atoms with Gasteiger partial charge in [0, 0.05) is 29.8 Å². The molecule has 0 spiro atoms. The number of methoxy groups -OCH3 is 1. The minimum absolute atomic E-state index is 0.181. The summed E-state index contributed by atoms with van der Waals surface area (Å²) in [6, 6.07) is 5.25. The summed E-state index contributed by atoms with van der Waals surface area (Å²) < 4.78 is 21.8. The van der Waals surface area contributed by atoms with Crippen molar-refractivity contribution in [2.24, 2.45) is 0 Å². The normalized spacial score (nSPS) is 11.2. The van der Waals surface area contributed by atoms with Crippen LogP contribution in [-0.2, 0) is 0 Å². The summed E-state index contributed by atoms with van der Waals surface area (Å²) in [6.07, 6.45) is 3.24. The molecule has 0 aliphatic heterocycles. The van der Waals surface area contributed by atoms with Crippen molar-refractivity contribution in [2.75, 3.05) is 19.5 Å². The van der Waals surface area contributed by atoms with E-state index in [0.29, 0.717) is 28.4 Å². The van der Waals surface area contributed by atoms with E-state index in [1.165, 1.54) is 7.11 Å². The Morgan fingerprint density at radius 3 is 2.84 bits per heavy atom. The quantitative estimate of drug-likeness (QED) is 0.619. The summed E-state index contributed by atoms with van der Waals surface area (Å²) in [6.45, 7) is 1.84. The molecule has 0 saturated carbocycles. The van der Waals surface area contributed by atoms with Gasteiger partial charge in [0.05, 0.1) is 7.11 Å². The Morgan fingerprint density at radius 1 is 1.24 bits per heavy atom. The van der Waals surface area contributed by atoms with E-state index in [-0.39, 0.29) is 5.75 Å². The molecule has 0 saturated heterocycles.